The molecule has 4 aromatic heterocycles. The van der Waals surface area contributed by atoms with Crippen LogP contribution in [-0.4, -0.2) is 24.9 Å². The lowest BCUT2D eigenvalue weighted by atomic mass is 10.0. The lowest BCUT2D eigenvalue weighted by molar-refractivity contribution is 0.635. The molecule has 0 spiro atoms. The summed E-state index contributed by atoms with van der Waals surface area (Å²) in [5.74, 6) is -0.141. The van der Waals surface area contributed by atoms with Crippen molar-refractivity contribution in [2.24, 2.45) is 0 Å². The molecule has 32 heavy (non-hydrogen) atoms. The second-order valence-electron chi connectivity index (χ2n) is 7.31. The second-order valence-corrected chi connectivity index (χ2v) is 7.31. The first kappa shape index (κ1) is 19.6. The zero-order chi connectivity index (χ0) is 22.2. The number of nitrogens with two attached hydrogens (primary N) is 1. The summed E-state index contributed by atoms with van der Waals surface area (Å²) in [4.78, 5) is 32.8. The zero-order valence-corrected chi connectivity index (χ0v) is 17.0. The maximum atomic E-state index is 14.5. The van der Waals surface area contributed by atoms with Crippen molar-refractivity contribution in [2.45, 2.75) is 13.0 Å². The Morgan fingerprint density at radius 3 is 2.78 bits per heavy atom. The number of rotatable bonds is 4. The van der Waals surface area contributed by atoms with Crippen LogP contribution in [0.5, 0.6) is 0 Å². The molecule has 0 saturated carbocycles. The number of hydrogen-bond donors (Lipinski definition) is 3. The molecule has 8 nitrogen and oxygen atoms in total. The fraction of sp³-hybridized carbons (Fsp3) is 0.0870. The summed E-state index contributed by atoms with van der Waals surface area (Å²) >= 11 is 0. The fourth-order valence-corrected chi connectivity index (χ4v) is 3.71. The largest absolute Gasteiger partial charge is 0.368 e. The van der Waals surface area contributed by atoms with Crippen LogP contribution in [0.1, 0.15) is 18.7 Å². The number of aromatic nitrogens is 5. The first-order chi connectivity index (χ1) is 15.5. The summed E-state index contributed by atoms with van der Waals surface area (Å²) in [5.41, 5.74) is 8.15. The Hall–Kier alpha value is -4.40. The molecule has 0 aliphatic carbocycles. The number of nitrogens with zero attached hydrogens (tertiary/aromatic N) is 4. The van der Waals surface area contributed by atoms with Gasteiger partial charge in [-0.2, -0.15) is 9.97 Å². The minimum absolute atomic E-state index is 0.0107. The van der Waals surface area contributed by atoms with Crippen LogP contribution < -0.4 is 16.5 Å². The summed E-state index contributed by atoms with van der Waals surface area (Å²) in [6.07, 6.45) is 3.18. The van der Waals surface area contributed by atoms with E-state index in [-0.39, 0.29) is 28.1 Å². The SMILES string of the molecule is CC(Nc1nc(N)nc2[nH]ccc(=O)c12)c1nc2c(F)cccc2cc1-c1ccccn1. The number of fused-ring (bicyclic) bond motifs is 2. The Morgan fingerprint density at radius 1 is 1.09 bits per heavy atom. The van der Waals surface area contributed by atoms with Crippen LogP contribution in [0.4, 0.5) is 16.2 Å². The smallest absolute Gasteiger partial charge is 0.223 e. The molecule has 4 heterocycles. The Kier molecular flexibility index (Phi) is 4.70. The van der Waals surface area contributed by atoms with E-state index in [0.717, 1.165) is 5.56 Å². The number of para-hydroxylation sites is 1. The van der Waals surface area contributed by atoms with Crippen molar-refractivity contribution in [1.29, 1.82) is 0 Å². The molecule has 9 heteroatoms. The maximum absolute atomic E-state index is 14.5. The predicted molar refractivity (Wildman–Crippen MR) is 122 cm³/mol. The van der Waals surface area contributed by atoms with Crippen LogP contribution >= 0.6 is 0 Å². The molecule has 0 bridgehead atoms. The van der Waals surface area contributed by atoms with Gasteiger partial charge in [0.25, 0.3) is 0 Å². The molecular formula is C23H18FN7O. The van der Waals surface area contributed by atoms with Gasteiger partial charge in [-0.3, -0.25) is 9.78 Å². The lowest BCUT2D eigenvalue weighted by Crippen LogP contribution is -2.16. The van der Waals surface area contributed by atoms with Crippen molar-refractivity contribution in [3.8, 4) is 11.3 Å². The van der Waals surface area contributed by atoms with Gasteiger partial charge in [-0.15, -0.1) is 0 Å². The molecule has 1 atom stereocenters. The van der Waals surface area contributed by atoms with Gasteiger partial charge in [0, 0.05) is 29.4 Å². The zero-order valence-electron chi connectivity index (χ0n) is 17.0. The average Bonchev–Trinajstić information content (AvgIpc) is 2.79. The third-order valence-electron chi connectivity index (χ3n) is 5.16. The lowest BCUT2D eigenvalue weighted by Gasteiger charge is -2.19. The maximum Gasteiger partial charge on any atom is 0.223 e. The molecule has 1 unspecified atom stereocenters. The normalized spacial score (nSPS) is 12.2. The highest BCUT2D eigenvalue weighted by molar-refractivity contribution is 5.88. The highest BCUT2D eigenvalue weighted by Gasteiger charge is 2.20. The Morgan fingerprint density at radius 2 is 1.97 bits per heavy atom. The fourth-order valence-electron chi connectivity index (χ4n) is 3.71. The summed E-state index contributed by atoms with van der Waals surface area (Å²) in [7, 11) is 0. The number of nitrogen functional groups attached to an aromatic ring is 1. The Bertz CT molecular complexity index is 1520. The topological polar surface area (TPSA) is 122 Å². The third kappa shape index (κ3) is 3.39. The summed E-state index contributed by atoms with van der Waals surface area (Å²) in [5, 5.41) is 4.15. The van der Waals surface area contributed by atoms with E-state index in [1.165, 1.54) is 18.3 Å². The van der Waals surface area contributed by atoms with Gasteiger partial charge in [-0.25, -0.2) is 9.37 Å². The van der Waals surface area contributed by atoms with E-state index in [1.807, 2.05) is 31.2 Å². The van der Waals surface area contributed by atoms with E-state index >= 15 is 0 Å². The molecule has 0 radical (unpaired) electrons. The highest BCUT2D eigenvalue weighted by atomic mass is 19.1. The Balaban J connectivity index is 1.69. The van der Waals surface area contributed by atoms with Crippen molar-refractivity contribution in [2.75, 3.05) is 11.1 Å². The van der Waals surface area contributed by atoms with E-state index in [9.17, 15) is 9.18 Å². The minimum Gasteiger partial charge on any atom is -0.368 e. The molecule has 0 fully saturated rings. The molecular weight excluding hydrogens is 409 g/mol. The number of nitrogens with one attached hydrogen (secondary N) is 2. The van der Waals surface area contributed by atoms with Gasteiger partial charge in [-0.05, 0) is 31.2 Å². The monoisotopic (exact) mass is 427 g/mol. The number of pyridine rings is 3. The van der Waals surface area contributed by atoms with Crippen molar-refractivity contribution < 1.29 is 4.39 Å². The summed E-state index contributed by atoms with van der Waals surface area (Å²) in [6, 6.07) is 13.2. The summed E-state index contributed by atoms with van der Waals surface area (Å²) < 4.78 is 14.5. The van der Waals surface area contributed by atoms with Crippen molar-refractivity contribution in [3.05, 3.63) is 82.7 Å². The van der Waals surface area contributed by atoms with Crippen LogP contribution in [0, 0.1) is 5.82 Å². The molecule has 5 aromatic rings. The standard InChI is InChI=1S/C23H18FN7O/c1-12(28-22-18-17(32)8-10-27-21(18)30-23(25)31-22)19-14(16-7-2-3-9-26-16)11-13-5-4-6-15(24)20(13)29-19/h2-12H,1H3,(H4,25,27,28,30,31,32). The first-order valence-electron chi connectivity index (χ1n) is 9.93. The van der Waals surface area contributed by atoms with Gasteiger partial charge in [0.15, 0.2) is 5.43 Å². The third-order valence-corrected chi connectivity index (χ3v) is 5.16. The van der Waals surface area contributed by atoms with Crippen LogP contribution in [0.3, 0.4) is 0 Å². The van der Waals surface area contributed by atoms with Gasteiger partial charge >= 0.3 is 0 Å². The van der Waals surface area contributed by atoms with Gasteiger partial charge in [0.1, 0.15) is 28.2 Å². The Labute approximate surface area is 181 Å². The van der Waals surface area contributed by atoms with Crippen molar-refractivity contribution in [3.63, 3.8) is 0 Å². The highest BCUT2D eigenvalue weighted by Crippen LogP contribution is 2.32. The molecule has 5 rings (SSSR count). The van der Waals surface area contributed by atoms with Crippen LogP contribution in [0.2, 0.25) is 0 Å². The van der Waals surface area contributed by atoms with Gasteiger partial charge in [0.2, 0.25) is 5.95 Å². The molecule has 0 saturated heterocycles. The average molecular weight is 427 g/mol. The van der Waals surface area contributed by atoms with Gasteiger partial charge < -0.3 is 16.0 Å². The minimum atomic E-state index is -0.465. The van der Waals surface area contributed by atoms with Gasteiger partial charge in [-0.1, -0.05) is 18.2 Å². The van der Waals surface area contributed by atoms with Crippen LogP contribution in [-0.2, 0) is 0 Å². The number of benzene rings is 1. The second kappa shape index (κ2) is 7.69. The number of halogens is 1. The van der Waals surface area contributed by atoms with E-state index < -0.39 is 11.9 Å². The molecule has 158 valence electrons. The van der Waals surface area contributed by atoms with Crippen LogP contribution in [0.15, 0.2) is 65.7 Å². The van der Waals surface area contributed by atoms with E-state index in [4.69, 9.17) is 5.73 Å². The van der Waals surface area contributed by atoms with E-state index in [0.29, 0.717) is 22.4 Å². The predicted octanol–water partition coefficient (Wildman–Crippen LogP) is 3.82. The van der Waals surface area contributed by atoms with E-state index in [2.05, 4.69) is 30.2 Å². The van der Waals surface area contributed by atoms with E-state index in [1.54, 1.807) is 18.3 Å². The summed E-state index contributed by atoms with van der Waals surface area (Å²) in [6.45, 7) is 1.85. The quantitative estimate of drug-likeness (QED) is 0.398. The molecule has 0 aliphatic rings. The number of anilines is 2. The number of aromatic amines is 1. The van der Waals surface area contributed by atoms with Crippen molar-refractivity contribution >= 4 is 33.7 Å². The van der Waals surface area contributed by atoms with Gasteiger partial charge in [0.05, 0.1) is 17.4 Å². The molecule has 1 aromatic carbocycles. The van der Waals surface area contributed by atoms with Crippen LogP contribution in [0.25, 0.3) is 33.2 Å². The number of hydrogen-bond acceptors (Lipinski definition) is 7. The molecule has 0 amide bonds. The van der Waals surface area contributed by atoms with Crippen molar-refractivity contribution in [1.82, 2.24) is 24.9 Å². The molecule has 0 aliphatic heterocycles. The molecule has 4 N–H and O–H groups in total. The first-order valence-corrected chi connectivity index (χ1v) is 9.93. The number of H-pyrrole nitrogens is 1.